The van der Waals surface area contributed by atoms with Gasteiger partial charge in [-0.3, -0.25) is 0 Å². The van der Waals surface area contributed by atoms with E-state index in [1.807, 2.05) is 30.6 Å². The summed E-state index contributed by atoms with van der Waals surface area (Å²) in [4.78, 5) is 4.39. The van der Waals surface area contributed by atoms with E-state index < -0.39 is 0 Å². The zero-order valence-electron chi connectivity index (χ0n) is 10.8. The highest BCUT2D eigenvalue weighted by Crippen LogP contribution is 2.27. The van der Waals surface area contributed by atoms with Crippen LogP contribution in [-0.2, 0) is 13.0 Å². The molecule has 5 heteroatoms. The lowest BCUT2D eigenvalue weighted by atomic mass is 10.0. The van der Waals surface area contributed by atoms with Gasteiger partial charge in [0.15, 0.2) is 0 Å². The smallest absolute Gasteiger partial charge is 0.110 e. The summed E-state index contributed by atoms with van der Waals surface area (Å²) in [5.74, 6) is 1.02. The number of hydrogen-bond donors (Lipinski definition) is 1. The number of imidazole rings is 1. The summed E-state index contributed by atoms with van der Waals surface area (Å²) in [5, 5.41) is 0.700. The molecule has 2 rings (SSSR count). The highest BCUT2D eigenvalue weighted by atomic mass is 79.9. The Hall–Kier alpha value is -0.840. The molecule has 1 aromatic carbocycles. The van der Waals surface area contributed by atoms with Crippen LogP contribution in [0.4, 0.5) is 0 Å². The van der Waals surface area contributed by atoms with Gasteiger partial charge < -0.3 is 10.3 Å². The average Bonchev–Trinajstić information content (AvgIpc) is 2.80. The highest BCUT2D eigenvalue weighted by molar-refractivity contribution is 9.10. The van der Waals surface area contributed by atoms with Crippen molar-refractivity contribution in [3.05, 3.63) is 51.5 Å². The van der Waals surface area contributed by atoms with Gasteiger partial charge >= 0.3 is 0 Å². The van der Waals surface area contributed by atoms with E-state index in [2.05, 4.69) is 32.4 Å². The maximum absolute atomic E-state index is 6.28. The van der Waals surface area contributed by atoms with Crippen LogP contribution in [0.5, 0.6) is 0 Å². The number of aromatic nitrogens is 2. The topological polar surface area (TPSA) is 43.8 Å². The van der Waals surface area contributed by atoms with Crippen LogP contribution in [0.1, 0.15) is 30.8 Å². The molecule has 2 N–H and O–H groups in total. The molecule has 0 amide bonds. The van der Waals surface area contributed by atoms with Crippen molar-refractivity contribution >= 4 is 27.5 Å². The van der Waals surface area contributed by atoms with Crippen LogP contribution in [0.2, 0.25) is 5.02 Å². The van der Waals surface area contributed by atoms with E-state index in [4.69, 9.17) is 17.3 Å². The largest absolute Gasteiger partial charge is 0.335 e. The summed E-state index contributed by atoms with van der Waals surface area (Å²) in [5.41, 5.74) is 7.29. The van der Waals surface area contributed by atoms with Gasteiger partial charge in [0.2, 0.25) is 0 Å². The lowest BCUT2D eigenvalue weighted by Gasteiger charge is -2.15. The van der Waals surface area contributed by atoms with Gasteiger partial charge in [-0.25, -0.2) is 4.98 Å². The second-order valence-corrected chi connectivity index (χ2v) is 5.80. The SMILES string of the molecule is CCCn1ccnc1CC(N)c1cc(Cl)ccc1Br. The lowest BCUT2D eigenvalue weighted by Crippen LogP contribution is -2.17. The number of hydrogen-bond acceptors (Lipinski definition) is 2. The van der Waals surface area contributed by atoms with E-state index in [9.17, 15) is 0 Å². The first kappa shape index (κ1) is 14.6. The van der Waals surface area contributed by atoms with Crippen LogP contribution < -0.4 is 5.73 Å². The number of nitrogens with two attached hydrogens (primary N) is 1. The van der Waals surface area contributed by atoms with Crippen molar-refractivity contribution in [3.63, 3.8) is 0 Å². The molecule has 0 aliphatic heterocycles. The minimum absolute atomic E-state index is 0.119. The average molecular weight is 343 g/mol. The Morgan fingerprint density at radius 1 is 1.47 bits per heavy atom. The minimum Gasteiger partial charge on any atom is -0.335 e. The first-order chi connectivity index (χ1) is 9.11. The second-order valence-electron chi connectivity index (χ2n) is 4.51. The Morgan fingerprint density at radius 2 is 2.26 bits per heavy atom. The molecule has 3 nitrogen and oxygen atoms in total. The molecule has 19 heavy (non-hydrogen) atoms. The number of aryl methyl sites for hydroxylation is 1. The van der Waals surface area contributed by atoms with E-state index in [1.54, 1.807) is 0 Å². The molecule has 0 radical (unpaired) electrons. The molecule has 0 bridgehead atoms. The van der Waals surface area contributed by atoms with Crippen molar-refractivity contribution in [2.24, 2.45) is 5.73 Å². The molecule has 0 aliphatic rings. The fourth-order valence-corrected chi connectivity index (χ4v) is 2.80. The van der Waals surface area contributed by atoms with Crippen molar-refractivity contribution in [1.82, 2.24) is 9.55 Å². The van der Waals surface area contributed by atoms with Crippen molar-refractivity contribution in [2.45, 2.75) is 32.4 Å². The maximum Gasteiger partial charge on any atom is 0.110 e. The van der Waals surface area contributed by atoms with E-state index >= 15 is 0 Å². The number of nitrogens with zero attached hydrogens (tertiary/aromatic N) is 2. The standard InChI is InChI=1S/C14H17BrClN3/c1-2-6-19-7-5-18-14(19)9-13(17)11-8-10(16)3-4-12(11)15/h3-5,7-8,13H,2,6,9,17H2,1H3. The zero-order chi connectivity index (χ0) is 13.8. The predicted molar refractivity (Wildman–Crippen MR) is 82.3 cm³/mol. The van der Waals surface area contributed by atoms with Crippen LogP contribution in [0.25, 0.3) is 0 Å². The van der Waals surface area contributed by atoms with Gasteiger partial charge in [0.25, 0.3) is 0 Å². The minimum atomic E-state index is -0.119. The van der Waals surface area contributed by atoms with Crippen molar-refractivity contribution in [1.29, 1.82) is 0 Å². The summed E-state index contributed by atoms with van der Waals surface area (Å²) in [6, 6.07) is 5.56. The number of benzene rings is 1. The van der Waals surface area contributed by atoms with Crippen molar-refractivity contribution < 1.29 is 0 Å². The Kier molecular flexibility index (Phi) is 5.02. The summed E-state index contributed by atoms with van der Waals surface area (Å²) >= 11 is 9.55. The van der Waals surface area contributed by atoms with Gasteiger partial charge in [-0.05, 0) is 30.2 Å². The summed E-state index contributed by atoms with van der Waals surface area (Å²) in [7, 11) is 0. The Labute approximate surface area is 126 Å². The lowest BCUT2D eigenvalue weighted by molar-refractivity contribution is 0.598. The van der Waals surface area contributed by atoms with Crippen LogP contribution in [-0.4, -0.2) is 9.55 Å². The Morgan fingerprint density at radius 3 is 3.00 bits per heavy atom. The van der Waals surface area contributed by atoms with Gasteiger partial charge in [0.05, 0.1) is 0 Å². The Bertz CT molecular complexity index is 553. The summed E-state index contributed by atoms with van der Waals surface area (Å²) in [6.07, 6.45) is 5.61. The second kappa shape index (κ2) is 6.55. The summed E-state index contributed by atoms with van der Waals surface area (Å²) < 4.78 is 3.14. The maximum atomic E-state index is 6.28. The van der Waals surface area contributed by atoms with Gasteiger partial charge in [-0.2, -0.15) is 0 Å². The molecule has 1 heterocycles. The zero-order valence-corrected chi connectivity index (χ0v) is 13.2. The molecular weight excluding hydrogens is 326 g/mol. The molecule has 102 valence electrons. The monoisotopic (exact) mass is 341 g/mol. The molecule has 1 aromatic heterocycles. The molecule has 0 spiro atoms. The molecule has 1 unspecified atom stereocenters. The van der Waals surface area contributed by atoms with Crippen LogP contribution in [0.3, 0.4) is 0 Å². The van der Waals surface area contributed by atoms with Gasteiger partial charge in [0, 0.05) is 40.9 Å². The molecular formula is C14H17BrClN3. The molecule has 2 aromatic rings. The third-order valence-electron chi connectivity index (χ3n) is 3.03. The predicted octanol–water partition coefficient (Wildman–Crippen LogP) is 3.95. The molecule has 0 fully saturated rings. The summed E-state index contributed by atoms with van der Waals surface area (Å²) in [6.45, 7) is 3.12. The van der Waals surface area contributed by atoms with Crippen LogP contribution >= 0.6 is 27.5 Å². The Balaban J connectivity index is 2.18. The fourth-order valence-electron chi connectivity index (χ4n) is 2.08. The van der Waals surface area contributed by atoms with Crippen LogP contribution in [0, 0.1) is 0 Å². The molecule has 0 saturated carbocycles. The number of halogens is 2. The fraction of sp³-hybridized carbons (Fsp3) is 0.357. The quantitative estimate of drug-likeness (QED) is 0.894. The molecule has 1 atom stereocenters. The van der Waals surface area contributed by atoms with Crippen molar-refractivity contribution in [3.8, 4) is 0 Å². The first-order valence-electron chi connectivity index (χ1n) is 6.32. The molecule has 0 aliphatic carbocycles. The van der Waals surface area contributed by atoms with E-state index in [0.29, 0.717) is 11.4 Å². The number of rotatable bonds is 5. The van der Waals surface area contributed by atoms with E-state index in [0.717, 1.165) is 28.8 Å². The van der Waals surface area contributed by atoms with Gasteiger partial charge in [-0.15, -0.1) is 0 Å². The third kappa shape index (κ3) is 3.59. The highest BCUT2D eigenvalue weighted by Gasteiger charge is 2.14. The van der Waals surface area contributed by atoms with E-state index in [1.165, 1.54) is 0 Å². The van der Waals surface area contributed by atoms with Crippen LogP contribution in [0.15, 0.2) is 35.1 Å². The third-order valence-corrected chi connectivity index (χ3v) is 3.98. The normalized spacial score (nSPS) is 12.6. The molecule has 0 saturated heterocycles. The van der Waals surface area contributed by atoms with Gasteiger partial charge in [0.1, 0.15) is 5.82 Å². The van der Waals surface area contributed by atoms with E-state index in [-0.39, 0.29) is 6.04 Å². The first-order valence-corrected chi connectivity index (χ1v) is 7.49. The van der Waals surface area contributed by atoms with Crippen molar-refractivity contribution in [2.75, 3.05) is 0 Å². The van der Waals surface area contributed by atoms with Gasteiger partial charge in [-0.1, -0.05) is 34.5 Å².